The molecule has 1 nitrogen and oxygen atoms in total. The Bertz CT molecular complexity index is 338. The molecule has 1 aliphatic rings. The van der Waals surface area contributed by atoms with Gasteiger partial charge in [0, 0.05) is 17.3 Å². The summed E-state index contributed by atoms with van der Waals surface area (Å²) >= 11 is 3.38. The van der Waals surface area contributed by atoms with Gasteiger partial charge in [-0.1, -0.05) is 40.9 Å². The fraction of sp³-hybridized carbons (Fsp3) is 0.462. The van der Waals surface area contributed by atoms with Gasteiger partial charge in [-0.2, -0.15) is 0 Å². The second-order valence-electron chi connectivity index (χ2n) is 4.32. The molecule has 2 rings (SSSR count). The van der Waals surface area contributed by atoms with E-state index < -0.39 is 0 Å². The third-order valence-electron chi connectivity index (χ3n) is 2.84. The topological polar surface area (TPSA) is 17.1 Å². The minimum absolute atomic E-state index is 0.379. The SMILES string of the molecule is O=C(CCC1CC1)Cc1ccc(Br)cc1. The summed E-state index contributed by atoms with van der Waals surface area (Å²) in [5, 5.41) is 0. The van der Waals surface area contributed by atoms with Crippen LogP contribution in [0.2, 0.25) is 0 Å². The molecule has 0 aromatic heterocycles. The zero-order chi connectivity index (χ0) is 10.7. The van der Waals surface area contributed by atoms with Crippen LogP contribution in [0.5, 0.6) is 0 Å². The Labute approximate surface area is 99.0 Å². The molecule has 0 amide bonds. The molecule has 0 aliphatic heterocycles. The zero-order valence-corrected chi connectivity index (χ0v) is 10.3. The molecule has 1 aromatic rings. The maximum absolute atomic E-state index is 11.6. The number of benzene rings is 1. The van der Waals surface area contributed by atoms with Crippen molar-refractivity contribution in [3.8, 4) is 0 Å². The first-order valence-corrected chi connectivity index (χ1v) is 6.29. The lowest BCUT2D eigenvalue weighted by Gasteiger charge is -2.01. The Morgan fingerprint density at radius 2 is 1.93 bits per heavy atom. The zero-order valence-electron chi connectivity index (χ0n) is 8.71. The second-order valence-corrected chi connectivity index (χ2v) is 5.24. The van der Waals surface area contributed by atoms with E-state index in [1.54, 1.807) is 0 Å². The van der Waals surface area contributed by atoms with Gasteiger partial charge in [-0.3, -0.25) is 4.79 Å². The highest BCUT2D eigenvalue weighted by Gasteiger charge is 2.21. The Morgan fingerprint density at radius 3 is 2.53 bits per heavy atom. The summed E-state index contributed by atoms with van der Waals surface area (Å²) in [6.45, 7) is 0. The Hall–Kier alpha value is -0.630. The van der Waals surface area contributed by atoms with E-state index in [-0.39, 0.29) is 0 Å². The highest BCUT2D eigenvalue weighted by molar-refractivity contribution is 9.10. The molecule has 2 heteroatoms. The maximum Gasteiger partial charge on any atom is 0.137 e. The monoisotopic (exact) mass is 266 g/mol. The van der Waals surface area contributed by atoms with Crippen LogP contribution in [0.4, 0.5) is 0 Å². The number of carbonyl (C=O) groups is 1. The first-order chi connectivity index (χ1) is 7.24. The van der Waals surface area contributed by atoms with Crippen LogP contribution in [-0.4, -0.2) is 5.78 Å². The van der Waals surface area contributed by atoms with E-state index in [2.05, 4.69) is 15.9 Å². The molecule has 0 atom stereocenters. The molecular weight excluding hydrogens is 252 g/mol. The largest absolute Gasteiger partial charge is 0.299 e. The van der Waals surface area contributed by atoms with Crippen molar-refractivity contribution in [2.24, 2.45) is 5.92 Å². The summed E-state index contributed by atoms with van der Waals surface area (Å²) in [4.78, 5) is 11.6. The van der Waals surface area contributed by atoms with Crippen molar-refractivity contribution in [2.75, 3.05) is 0 Å². The third-order valence-corrected chi connectivity index (χ3v) is 3.37. The molecule has 0 heterocycles. The van der Waals surface area contributed by atoms with E-state index in [4.69, 9.17) is 0 Å². The van der Waals surface area contributed by atoms with Gasteiger partial charge < -0.3 is 0 Å². The van der Waals surface area contributed by atoms with E-state index in [0.29, 0.717) is 12.2 Å². The van der Waals surface area contributed by atoms with Crippen molar-refractivity contribution >= 4 is 21.7 Å². The minimum Gasteiger partial charge on any atom is -0.299 e. The lowest BCUT2D eigenvalue weighted by atomic mass is 10.0. The van der Waals surface area contributed by atoms with E-state index in [1.165, 1.54) is 12.8 Å². The number of rotatable bonds is 5. The molecule has 1 saturated carbocycles. The van der Waals surface area contributed by atoms with E-state index in [9.17, 15) is 4.79 Å². The molecule has 0 spiro atoms. The predicted molar refractivity (Wildman–Crippen MR) is 64.8 cm³/mol. The van der Waals surface area contributed by atoms with E-state index >= 15 is 0 Å². The van der Waals surface area contributed by atoms with Crippen molar-refractivity contribution in [3.63, 3.8) is 0 Å². The van der Waals surface area contributed by atoms with Crippen molar-refractivity contribution < 1.29 is 4.79 Å². The van der Waals surface area contributed by atoms with Crippen molar-refractivity contribution in [2.45, 2.75) is 32.1 Å². The molecule has 0 saturated heterocycles. The van der Waals surface area contributed by atoms with Crippen LogP contribution in [0.15, 0.2) is 28.7 Å². The summed E-state index contributed by atoms with van der Waals surface area (Å²) in [5.41, 5.74) is 1.12. The molecule has 0 unspecified atom stereocenters. The van der Waals surface area contributed by atoms with E-state index in [1.807, 2.05) is 24.3 Å². The number of carbonyl (C=O) groups excluding carboxylic acids is 1. The molecule has 0 radical (unpaired) electrons. The Morgan fingerprint density at radius 1 is 1.27 bits per heavy atom. The van der Waals surface area contributed by atoms with Crippen LogP contribution in [-0.2, 0) is 11.2 Å². The summed E-state index contributed by atoms with van der Waals surface area (Å²) < 4.78 is 1.07. The molecule has 0 bridgehead atoms. The van der Waals surface area contributed by atoms with Gasteiger partial charge in [-0.25, -0.2) is 0 Å². The van der Waals surface area contributed by atoms with Gasteiger partial charge >= 0.3 is 0 Å². The van der Waals surface area contributed by atoms with Crippen molar-refractivity contribution in [1.82, 2.24) is 0 Å². The number of hydrogen-bond donors (Lipinski definition) is 0. The molecule has 15 heavy (non-hydrogen) atoms. The van der Waals surface area contributed by atoms with Crippen LogP contribution in [0, 0.1) is 5.92 Å². The number of ketones is 1. The average Bonchev–Trinajstić information content (AvgIpc) is 3.02. The van der Waals surface area contributed by atoms with Gasteiger partial charge in [0.05, 0.1) is 0 Å². The molecular formula is C13H15BrO. The van der Waals surface area contributed by atoms with Crippen LogP contribution in [0.25, 0.3) is 0 Å². The molecule has 0 N–H and O–H groups in total. The lowest BCUT2D eigenvalue weighted by Crippen LogP contribution is -2.02. The molecule has 80 valence electrons. The first kappa shape index (κ1) is 10.9. The van der Waals surface area contributed by atoms with E-state index in [0.717, 1.165) is 28.8 Å². The van der Waals surface area contributed by atoms with Gasteiger partial charge in [0.2, 0.25) is 0 Å². The molecule has 1 fully saturated rings. The number of hydrogen-bond acceptors (Lipinski definition) is 1. The molecule has 1 aromatic carbocycles. The van der Waals surface area contributed by atoms with Crippen LogP contribution < -0.4 is 0 Å². The summed E-state index contributed by atoms with van der Waals surface area (Å²) in [7, 11) is 0. The normalized spacial score (nSPS) is 15.3. The lowest BCUT2D eigenvalue weighted by molar-refractivity contribution is -0.118. The number of halogens is 1. The standard InChI is InChI=1S/C13H15BrO/c14-12-6-3-11(4-7-12)9-13(15)8-5-10-1-2-10/h3-4,6-7,10H,1-2,5,8-9H2. The average molecular weight is 267 g/mol. The number of Topliss-reactive ketones (excluding diaryl/α,β-unsaturated/α-hetero) is 1. The highest BCUT2D eigenvalue weighted by atomic mass is 79.9. The summed E-state index contributed by atoms with van der Waals surface area (Å²) in [6.07, 6.45) is 5.15. The Balaban J connectivity index is 1.79. The molecule has 1 aliphatic carbocycles. The second kappa shape index (κ2) is 4.93. The van der Waals surface area contributed by atoms with Crippen molar-refractivity contribution in [1.29, 1.82) is 0 Å². The third kappa shape index (κ3) is 3.78. The van der Waals surface area contributed by atoms with Gasteiger partial charge in [-0.05, 0) is 30.0 Å². The first-order valence-electron chi connectivity index (χ1n) is 5.50. The Kier molecular flexibility index (Phi) is 3.57. The van der Waals surface area contributed by atoms with Crippen LogP contribution >= 0.6 is 15.9 Å². The van der Waals surface area contributed by atoms with Crippen LogP contribution in [0.1, 0.15) is 31.2 Å². The van der Waals surface area contributed by atoms with Gasteiger partial charge in [-0.15, -0.1) is 0 Å². The highest BCUT2D eigenvalue weighted by Crippen LogP contribution is 2.33. The van der Waals surface area contributed by atoms with Crippen LogP contribution in [0.3, 0.4) is 0 Å². The van der Waals surface area contributed by atoms with Gasteiger partial charge in [0.1, 0.15) is 5.78 Å². The summed E-state index contributed by atoms with van der Waals surface area (Å²) in [6, 6.07) is 8.01. The van der Waals surface area contributed by atoms with Gasteiger partial charge in [0.25, 0.3) is 0 Å². The van der Waals surface area contributed by atoms with Gasteiger partial charge in [0.15, 0.2) is 0 Å². The summed E-state index contributed by atoms with van der Waals surface area (Å²) in [5.74, 6) is 1.24. The fourth-order valence-electron chi connectivity index (χ4n) is 1.69. The maximum atomic E-state index is 11.6. The fourth-order valence-corrected chi connectivity index (χ4v) is 1.95. The van der Waals surface area contributed by atoms with Crippen molar-refractivity contribution in [3.05, 3.63) is 34.3 Å². The quantitative estimate of drug-likeness (QED) is 0.794. The predicted octanol–water partition coefficient (Wildman–Crippen LogP) is 3.75. The smallest absolute Gasteiger partial charge is 0.137 e. The minimum atomic E-state index is 0.379.